The summed E-state index contributed by atoms with van der Waals surface area (Å²) in [7, 11) is 0. The maximum Gasteiger partial charge on any atom is 0.314 e. The van der Waals surface area contributed by atoms with E-state index in [0.29, 0.717) is 25.8 Å². The van der Waals surface area contributed by atoms with Gasteiger partial charge in [-0.05, 0) is 19.3 Å². The topological polar surface area (TPSA) is 78.4 Å². The lowest BCUT2D eigenvalue weighted by atomic mass is 9.80. The molecule has 19 heavy (non-hydrogen) atoms. The van der Waals surface area contributed by atoms with Crippen LogP contribution in [0.3, 0.4) is 0 Å². The summed E-state index contributed by atoms with van der Waals surface area (Å²) in [5.41, 5.74) is -0.785. The molecule has 0 aromatic heterocycles. The largest absolute Gasteiger partial charge is 0.481 e. The number of carbonyl (C=O) groups is 2. The van der Waals surface area contributed by atoms with Crippen LogP contribution in [0.15, 0.2) is 12.7 Å². The number of nitrogens with one attached hydrogen (secondary N) is 2. The Morgan fingerprint density at radius 2 is 1.79 bits per heavy atom. The average molecular weight is 268 g/mol. The van der Waals surface area contributed by atoms with Gasteiger partial charge in [-0.1, -0.05) is 31.8 Å². The van der Waals surface area contributed by atoms with Crippen molar-refractivity contribution in [2.45, 2.75) is 44.9 Å². The Hall–Kier alpha value is -1.52. The van der Waals surface area contributed by atoms with Crippen LogP contribution < -0.4 is 10.6 Å². The fourth-order valence-corrected chi connectivity index (χ4v) is 2.47. The zero-order valence-electron chi connectivity index (χ0n) is 11.4. The first-order valence-corrected chi connectivity index (χ1v) is 6.97. The molecule has 0 aliphatic heterocycles. The molecule has 1 saturated carbocycles. The number of urea groups is 1. The molecule has 1 fully saturated rings. The highest BCUT2D eigenvalue weighted by molar-refractivity contribution is 5.78. The van der Waals surface area contributed by atoms with E-state index < -0.39 is 11.4 Å². The van der Waals surface area contributed by atoms with Gasteiger partial charge in [0.05, 0.1) is 5.41 Å². The Bertz CT molecular complexity index is 321. The van der Waals surface area contributed by atoms with Crippen LogP contribution in [0.5, 0.6) is 0 Å². The summed E-state index contributed by atoms with van der Waals surface area (Å²) in [4.78, 5) is 23.1. The highest BCUT2D eigenvalue weighted by Crippen LogP contribution is 2.34. The standard InChI is InChI=1S/C14H24N2O3/c1-2-3-10-15-13(19)16-11-14(12(17)18)8-6-4-5-7-9-14/h2H,1,3-11H2,(H,17,18)(H2,15,16,19). The van der Waals surface area contributed by atoms with Gasteiger partial charge in [-0.3, -0.25) is 4.79 Å². The lowest BCUT2D eigenvalue weighted by Gasteiger charge is -2.28. The van der Waals surface area contributed by atoms with Gasteiger partial charge in [0.2, 0.25) is 0 Å². The van der Waals surface area contributed by atoms with Crippen LogP contribution in [0.2, 0.25) is 0 Å². The van der Waals surface area contributed by atoms with Crippen LogP contribution in [0.4, 0.5) is 4.79 Å². The number of amides is 2. The van der Waals surface area contributed by atoms with Gasteiger partial charge in [-0.15, -0.1) is 6.58 Å². The molecule has 0 heterocycles. The Kier molecular flexibility index (Phi) is 6.39. The molecule has 3 N–H and O–H groups in total. The second kappa shape index (κ2) is 7.81. The highest BCUT2D eigenvalue weighted by Gasteiger charge is 2.38. The quantitative estimate of drug-likeness (QED) is 0.393. The summed E-state index contributed by atoms with van der Waals surface area (Å²) in [6.07, 6.45) is 7.74. The smallest absolute Gasteiger partial charge is 0.314 e. The average Bonchev–Trinajstić information content (AvgIpc) is 2.63. The van der Waals surface area contributed by atoms with E-state index in [4.69, 9.17) is 0 Å². The van der Waals surface area contributed by atoms with E-state index in [-0.39, 0.29) is 12.6 Å². The van der Waals surface area contributed by atoms with Crippen LogP contribution in [0, 0.1) is 5.41 Å². The zero-order chi connectivity index (χ0) is 14.1. The third kappa shape index (κ3) is 4.93. The van der Waals surface area contributed by atoms with Gasteiger partial charge < -0.3 is 15.7 Å². The van der Waals surface area contributed by atoms with E-state index in [9.17, 15) is 14.7 Å². The maximum absolute atomic E-state index is 11.6. The Morgan fingerprint density at radius 1 is 1.16 bits per heavy atom. The second-order valence-electron chi connectivity index (χ2n) is 5.19. The molecule has 5 heteroatoms. The number of carbonyl (C=O) groups excluding carboxylic acids is 1. The molecule has 0 unspecified atom stereocenters. The first-order chi connectivity index (χ1) is 9.10. The highest BCUT2D eigenvalue weighted by atomic mass is 16.4. The summed E-state index contributed by atoms with van der Waals surface area (Å²) < 4.78 is 0. The minimum atomic E-state index is -0.791. The lowest BCUT2D eigenvalue weighted by Crippen LogP contribution is -2.46. The van der Waals surface area contributed by atoms with Crippen molar-refractivity contribution in [3.8, 4) is 0 Å². The van der Waals surface area contributed by atoms with Crippen molar-refractivity contribution in [3.63, 3.8) is 0 Å². The van der Waals surface area contributed by atoms with Crippen LogP contribution in [0.1, 0.15) is 44.9 Å². The normalized spacial score (nSPS) is 18.1. The number of carboxylic acid groups (broad SMARTS) is 1. The number of hydrogen-bond acceptors (Lipinski definition) is 2. The van der Waals surface area contributed by atoms with Crippen LogP contribution in [-0.2, 0) is 4.79 Å². The molecule has 5 nitrogen and oxygen atoms in total. The van der Waals surface area contributed by atoms with E-state index in [1.807, 2.05) is 0 Å². The van der Waals surface area contributed by atoms with Crippen LogP contribution in [0.25, 0.3) is 0 Å². The van der Waals surface area contributed by atoms with E-state index in [1.54, 1.807) is 6.08 Å². The summed E-state index contributed by atoms with van der Waals surface area (Å²) in [5, 5.41) is 14.8. The van der Waals surface area contributed by atoms with Crippen molar-refractivity contribution in [2.24, 2.45) is 5.41 Å². The molecule has 0 aromatic carbocycles. The number of carboxylic acids is 1. The molecule has 0 saturated heterocycles. The fourth-order valence-electron chi connectivity index (χ4n) is 2.47. The van der Waals surface area contributed by atoms with Crippen molar-refractivity contribution in [1.82, 2.24) is 10.6 Å². The van der Waals surface area contributed by atoms with Gasteiger partial charge in [-0.2, -0.15) is 0 Å². The van der Waals surface area contributed by atoms with Crippen molar-refractivity contribution >= 4 is 12.0 Å². The molecule has 0 radical (unpaired) electrons. The van der Waals surface area contributed by atoms with Gasteiger partial charge in [0, 0.05) is 13.1 Å². The van der Waals surface area contributed by atoms with E-state index in [1.165, 1.54) is 0 Å². The molecule has 0 aromatic rings. The number of rotatable bonds is 6. The Morgan fingerprint density at radius 3 is 2.32 bits per heavy atom. The zero-order valence-corrected chi connectivity index (χ0v) is 11.4. The van der Waals surface area contributed by atoms with Gasteiger partial charge in [0.1, 0.15) is 0 Å². The molecule has 1 rings (SSSR count). The predicted octanol–water partition coefficient (Wildman–Crippen LogP) is 2.29. The molecular weight excluding hydrogens is 244 g/mol. The minimum absolute atomic E-state index is 0.211. The first kappa shape index (κ1) is 15.5. The third-order valence-electron chi connectivity index (χ3n) is 3.74. The van der Waals surface area contributed by atoms with E-state index in [2.05, 4.69) is 17.2 Å². The SMILES string of the molecule is C=CCCNC(=O)NCC1(C(=O)O)CCCCCC1. The molecule has 1 aliphatic carbocycles. The molecule has 1 aliphatic rings. The Labute approximate surface area is 114 Å². The summed E-state index contributed by atoms with van der Waals surface area (Å²) in [6.45, 7) is 4.31. The van der Waals surface area contributed by atoms with Gasteiger partial charge in [0.25, 0.3) is 0 Å². The van der Waals surface area contributed by atoms with Crippen molar-refractivity contribution in [1.29, 1.82) is 0 Å². The molecule has 0 atom stereocenters. The number of hydrogen-bond donors (Lipinski definition) is 3. The minimum Gasteiger partial charge on any atom is -0.481 e. The van der Waals surface area contributed by atoms with Crippen LogP contribution >= 0.6 is 0 Å². The lowest BCUT2D eigenvalue weighted by molar-refractivity contribution is -0.149. The molecule has 0 bridgehead atoms. The third-order valence-corrected chi connectivity index (χ3v) is 3.74. The molecule has 0 spiro atoms. The summed E-state index contributed by atoms with van der Waals surface area (Å²) >= 11 is 0. The fraction of sp³-hybridized carbons (Fsp3) is 0.714. The summed E-state index contributed by atoms with van der Waals surface area (Å²) in [5.74, 6) is -0.791. The van der Waals surface area contributed by atoms with Gasteiger partial charge in [-0.25, -0.2) is 4.79 Å². The predicted molar refractivity (Wildman–Crippen MR) is 74.0 cm³/mol. The van der Waals surface area contributed by atoms with Crippen molar-refractivity contribution < 1.29 is 14.7 Å². The second-order valence-corrected chi connectivity index (χ2v) is 5.19. The van der Waals surface area contributed by atoms with Crippen molar-refractivity contribution in [2.75, 3.05) is 13.1 Å². The van der Waals surface area contributed by atoms with E-state index >= 15 is 0 Å². The summed E-state index contributed by atoms with van der Waals surface area (Å²) in [6, 6.07) is -0.299. The maximum atomic E-state index is 11.6. The Balaban J connectivity index is 2.47. The monoisotopic (exact) mass is 268 g/mol. The van der Waals surface area contributed by atoms with Gasteiger partial charge in [0.15, 0.2) is 0 Å². The van der Waals surface area contributed by atoms with Crippen molar-refractivity contribution in [3.05, 3.63) is 12.7 Å². The van der Waals surface area contributed by atoms with Crippen LogP contribution in [-0.4, -0.2) is 30.2 Å². The first-order valence-electron chi connectivity index (χ1n) is 6.97. The molecule has 2 amide bonds. The van der Waals surface area contributed by atoms with Gasteiger partial charge >= 0.3 is 12.0 Å². The molecular formula is C14H24N2O3. The molecule has 108 valence electrons. The number of aliphatic carboxylic acids is 1. The van der Waals surface area contributed by atoms with E-state index in [0.717, 1.165) is 25.7 Å².